The third-order valence-corrected chi connectivity index (χ3v) is 4.34. The Labute approximate surface area is 122 Å². The summed E-state index contributed by atoms with van der Waals surface area (Å²) in [6.45, 7) is 0. The number of fused-ring (bicyclic) bond motifs is 2. The van der Waals surface area contributed by atoms with Crippen LogP contribution in [0.15, 0.2) is 36.4 Å². The molecule has 0 radical (unpaired) electrons. The summed E-state index contributed by atoms with van der Waals surface area (Å²) in [5.74, 6) is 0.223. The average Bonchev–Trinajstić information content (AvgIpc) is 3.07. The summed E-state index contributed by atoms with van der Waals surface area (Å²) in [5, 5.41) is 12.2. The second-order valence-corrected chi connectivity index (χ2v) is 5.55. The maximum atomic E-state index is 12.5. The number of aliphatic carboxylic acids is 1. The van der Waals surface area contributed by atoms with Gasteiger partial charge in [-0.15, -0.1) is 6.42 Å². The molecule has 2 unspecified atom stereocenters. The number of hydrogen-bond donors (Lipinski definition) is 2. The monoisotopic (exact) mass is 281 g/mol. The van der Waals surface area contributed by atoms with Crippen molar-refractivity contribution in [1.29, 1.82) is 0 Å². The Balaban J connectivity index is 1.80. The summed E-state index contributed by atoms with van der Waals surface area (Å²) in [4.78, 5) is 23.9. The van der Waals surface area contributed by atoms with E-state index < -0.39 is 17.8 Å². The third-order valence-electron chi connectivity index (χ3n) is 4.34. The molecule has 4 heteroatoms. The molecule has 0 aromatic heterocycles. The number of allylic oxidation sites excluding steroid dienone is 2. The Morgan fingerprint density at radius 3 is 2.62 bits per heavy atom. The minimum Gasteiger partial charge on any atom is -0.481 e. The summed E-state index contributed by atoms with van der Waals surface area (Å²) < 4.78 is 0. The van der Waals surface area contributed by atoms with Crippen LogP contribution in [0, 0.1) is 36.0 Å². The standard InChI is InChI=1S/C17H15NO3/c1-2-10-4-3-5-13(8-10)18-16(19)14-11-6-7-12(9-11)15(14)17(20)21/h1,3-8,11-12,14-15H,9H2,(H,18,19)(H,20,21)/t11?,12?,14-,15+/m0/s1. The number of amides is 1. The molecule has 1 fully saturated rings. The normalized spacial score (nSPS) is 29.1. The van der Waals surface area contributed by atoms with Crippen molar-refractivity contribution in [1.82, 2.24) is 0 Å². The summed E-state index contributed by atoms with van der Waals surface area (Å²) in [6, 6.07) is 6.99. The molecule has 21 heavy (non-hydrogen) atoms. The molecule has 106 valence electrons. The Kier molecular flexibility index (Phi) is 3.26. The van der Waals surface area contributed by atoms with Gasteiger partial charge in [-0.2, -0.15) is 0 Å². The van der Waals surface area contributed by atoms with Crippen LogP contribution in [0.2, 0.25) is 0 Å². The van der Waals surface area contributed by atoms with Crippen LogP contribution >= 0.6 is 0 Å². The highest BCUT2D eigenvalue weighted by Gasteiger charge is 2.51. The number of carboxylic acids is 1. The van der Waals surface area contributed by atoms with Gasteiger partial charge in [-0.05, 0) is 36.5 Å². The first-order valence-electron chi connectivity index (χ1n) is 6.89. The molecule has 0 aliphatic heterocycles. The second kappa shape index (κ2) is 5.10. The van der Waals surface area contributed by atoms with Crippen molar-refractivity contribution >= 4 is 17.6 Å². The molecule has 2 bridgehead atoms. The van der Waals surface area contributed by atoms with Gasteiger partial charge in [0.15, 0.2) is 0 Å². The van der Waals surface area contributed by atoms with Gasteiger partial charge in [-0.3, -0.25) is 9.59 Å². The van der Waals surface area contributed by atoms with E-state index in [1.54, 1.807) is 24.3 Å². The highest BCUT2D eigenvalue weighted by Crippen LogP contribution is 2.48. The van der Waals surface area contributed by atoms with Crippen molar-refractivity contribution in [2.45, 2.75) is 6.42 Å². The Morgan fingerprint density at radius 1 is 1.24 bits per heavy atom. The van der Waals surface area contributed by atoms with E-state index >= 15 is 0 Å². The first kappa shape index (κ1) is 13.4. The number of benzene rings is 1. The largest absolute Gasteiger partial charge is 0.481 e. The molecule has 4 atom stereocenters. The highest BCUT2D eigenvalue weighted by atomic mass is 16.4. The molecule has 2 aliphatic carbocycles. The van der Waals surface area contributed by atoms with E-state index in [4.69, 9.17) is 6.42 Å². The predicted molar refractivity (Wildman–Crippen MR) is 78.4 cm³/mol. The molecule has 2 aliphatic rings. The summed E-state index contributed by atoms with van der Waals surface area (Å²) in [5.41, 5.74) is 1.28. The molecular weight excluding hydrogens is 266 g/mol. The minimum atomic E-state index is -0.899. The van der Waals surface area contributed by atoms with Crippen LogP contribution < -0.4 is 5.32 Å². The van der Waals surface area contributed by atoms with Crippen molar-refractivity contribution in [3.8, 4) is 12.3 Å². The second-order valence-electron chi connectivity index (χ2n) is 5.55. The van der Waals surface area contributed by atoms with Gasteiger partial charge in [0.25, 0.3) is 0 Å². The Morgan fingerprint density at radius 2 is 1.95 bits per heavy atom. The molecule has 0 heterocycles. The van der Waals surface area contributed by atoms with Crippen molar-refractivity contribution in [3.63, 3.8) is 0 Å². The van der Waals surface area contributed by atoms with Crippen LogP contribution in [-0.2, 0) is 9.59 Å². The molecule has 0 spiro atoms. The topological polar surface area (TPSA) is 66.4 Å². The van der Waals surface area contributed by atoms with Crippen LogP contribution in [-0.4, -0.2) is 17.0 Å². The first-order chi connectivity index (χ1) is 10.1. The molecule has 1 aromatic rings. The van der Waals surface area contributed by atoms with E-state index in [-0.39, 0.29) is 17.7 Å². The minimum absolute atomic E-state index is 0.0203. The number of anilines is 1. The van der Waals surface area contributed by atoms with E-state index in [0.717, 1.165) is 6.42 Å². The van der Waals surface area contributed by atoms with E-state index in [0.29, 0.717) is 11.3 Å². The fourth-order valence-corrected chi connectivity index (χ4v) is 3.43. The third kappa shape index (κ3) is 2.31. The summed E-state index contributed by atoms with van der Waals surface area (Å²) in [6.07, 6.45) is 9.97. The molecule has 4 nitrogen and oxygen atoms in total. The molecule has 0 saturated heterocycles. The van der Waals surface area contributed by atoms with Crippen LogP contribution in [0.25, 0.3) is 0 Å². The Bertz CT molecular complexity index is 671. The van der Waals surface area contributed by atoms with E-state index in [1.165, 1.54) is 0 Å². The lowest BCUT2D eigenvalue weighted by Gasteiger charge is -2.23. The zero-order valence-electron chi connectivity index (χ0n) is 11.3. The van der Waals surface area contributed by atoms with E-state index in [2.05, 4.69) is 11.2 Å². The molecule has 3 rings (SSSR count). The predicted octanol–water partition coefficient (Wildman–Crippen LogP) is 2.13. The molecule has 2 N–H and O–H groups in total. The Hall–Kier alpha value is -2.54. The molecular formula is C17H15NO3. The maximum absolute atomic E-state index is 12.5. The molecule has 1 aromatic carbocycles. The first-order valence-corrected chi connectivity index (χ1v) is 6.89. The smallest absolute Gasteiger partial charge is 0.307 e. The number of rotatable bonds is 3. The molecule has 1 amide bonds. The van der Waals surface area contributed by atoms with Crippen molar-refractivity contribution in [3.05, 3.63) is 42.0 Å². The van der Waals surface area contributed by atoms with Crippen LogP contribution in [0.5, 0.6) is 0 Å². The van der Waals surface area contributed by atoms with Crippen molar-refractivity contribution < 1.29 is 14.7 Å². The summed E-state index contributed by atoms with van der Waals surface area (Å²) in [7, 11) is 0. The molecule has 1 saturated carbocycles. The number of carbonyl (C=O) groups is 2. The van der Waals surface area contributed by atoms with Gasteiger partial charge in [0.1, 0.15) is 0 Å². The van der Waals surface area contributed by atoms with Crippen molar-refractivity contribution in [2.24, 2.45) is 23.7 Å². The number of carbonyl (C=O) groups excluding carboxylic acids is 1. The van der Waals surface area contributed by atoms with Crippen molar-refractivity contribution in [2.75, 3.05) is 5.32 Å². The lowest BCUT2D eigenvalue weighted by atomic mass is 9.82. The fourth-order valence-electron chi connectivity index (χ4n) is 3.43. The average molecular weight is 281 g/mol. The number of carboxylic acid groups (broad SMARTS) is 1. The van der Waals surface area contributed by atoms with Crippen LogP contribution in [0.1, 0.15) is 12.0 Å². The van der Waals surface area contributed by atoms with Gasteiger partial charge < -0.3 is 10.4 Å². The van der Waals surface area contributed by atoms with Crippen LogP contribution in [0.3, 0.4) is 0 Å². The maximum Gasteiger partial charge on any atom is 0.307 e. The fraction of sp³-hybridized carbons (Fsp3) is 0.294. The van der Waals surface area contributed by atoms with Crippen LogP contribution in [0.4, 0.5) is 5.69 Å². The van der Waals surface area contributed by atoms with E-state index in [1.807, 2.05) is 12.2 Å². The zero-order chi connectivity index (χ0) is 15.0. The zero-order valence-corrected chi connectivity index (χ0v) is 11.3. The number of nitrogens with one attached hydrogen (secondary N) is 1. The van der Waals surface area contributed by atoms with Gasteiger partial charge in [-0.1, -0.05) is 24.1 Å². The number of hydrogen-bond acceptors (Lipinski definition) is 2. The SMILES string of the molecule is C#Cc1cccc(NC(=O)[C@H]2C3C=CC(C3)[C@H]2C(=O)O)c1. The van der Waals surface area contributed by atoms with Gasteiger partial charge >= 0.3 is 5.97 Å². The quantitative estimate of drug-likeness (QED) is 0.659. The lowest BCUT2D eigenvalue weighted by molar-refractivity contribution is -0.146. The lowest BCUT2D eigenvalue weighted by Crippen LogP contribution is -2.36. The van der Waals surface area contributed by atoms with Gasteiger partial charge in [0, 0.05) is 11.3 Å². The highest BCUT2D eigenvalue weighted by molar-refractivity contribution is 5.96. The summed E-state index contributed by atoms with van der Waals surface area (Å²) >= 11 is 0. The van der Waals surface area contributed by atoms with Gasteiger partial charge in [0.2, 0.25) is 5.91 Å². The van der Waals surface area contributed by atoms with Gasteiger partial charge in [-0.25, -0.2) is 0 Å². The van der Waals surface area contributed by atoms with Gasteiger partial charge in [0.05, 0.1) is 11.8 Å². The number of terminal acetylenes is 1. The van der Waals surface area contributed by atoms with E-state index in [9.17, 15) is 14.7 Å².